The fraction of sp³-hybridized carbons (Fsp3) is 0.269. The van der Waals surface area contributed by atoms with Gasteiger partial charge >= 0.3 is 5.97 Å². The maximum Gasteiger partial charge on any atom is 0.317 e. The van der Waals surface area contributed by atoms with Gasteiger partial charge in [-0.15, -0.1) is 0 Å². The quantitative estimate of drug-likeness (QED) is 0.311. The van der Waals surface area contributed by atoms with E-state index in [1.165, 1.54) is 0 Å². The van der Waals surface area contributed by atoms with Gasteiger partial charge in [-0.05, 0) is 37.3 Å². The number of benzene rings is 1. The summed E-state index contributed by atoms with van der Waals surface area (Å²) in [7, 11) is 0. The van der Waals surface area contributed by atoms with Gasteiger partial charge in [-0.2, -0.15) is 10.4 Å². The van der Waals surface area contributed by atoms with E-state index in [-0.39, 0.29) is 24.2 Å². The normalized spacial score (nSPS) is 16.1. The monoisotopic (exact) mass is 512 g/mol. The largest absolute Gasteiger partial charge is 0.480 e. The number of nitrogen functional groups attached to an aromatic ring is 1. The molecule has 12 nitrogen and oxygen atoms in total. The highest BCUT2D eigenvalue weighted by atomic mass is 16.4. The van der Waals surface area contributed by atoms with E-state index in [1.54, 1.807) is 30.5 Å². The average molecular weight is 513 g/mol. The van der Waals surface area contributed by atoms with E-state index in [4.69, 9.17) is 21.4 Å². The number of aliphatic carboxylic acids is 1. The standard InChI is InChI=1S/C26H28N10O2/c1-17-15-35(16-25(37)38)8-9-36(17)24-7-3-6-20(31-24)13-30-14-23(34-29)22-11-21(32-26(28)33-22)19-5-2-4-18(10-19)12-27/h2-7,10-11,14,17,29-30H,8-9,13,15-16H2,1H3,(H,37,38)(H2,28,32,33)/b23-14-,34-29?/t17-/m0/s1. The van der Waals surface area contributed by atoms with Gasteiger partial charge in [-0.1, -0.05) is 18.2 Å². The zero-order valence-electron chi connectivity index (χ0n) is 20.9. The Morgan fingerprint density at radius 2 is 2.08 bits per heavy atom. The van der Waals surface area contributed by atoms with Crippen molar-refractivity contribution in [3.8, 4) is 17.3 Å². The highest BCUT2D eigenvalue weighted by Gasteiger charge is 2.25. The highest BCUT2D eigenvalue weighted by Crippen LogP contribution is 2.23. The van der Waals surface area contributed by atoms with Gasteiger partial charge in [0.2, 0.25) is 5.95 Å². The number of aromatic nitrogens is 3. The molecule has 0 amide bonds. The van der Waals surface area contributed by atoms with Crippen LogP contribution < -0.4 is 16.0 Å². The zero-order chi connectivity index (χ0) is 27.1. The summed E-state index contributed by atoms with van der Waals surface area (Å²) in [6, 6.07) is 16.7. The topological polar surface area (TPSA) is 180 Å². The Kier molecular flexibility index (Phi) is 8.20. The first-order valence-corrected chi connectivity index (χ1v) is 12.0. The summed E-state index contributed by atoms with van der Waals surface area (Å²) in [5, 5.41) is 25.0. The lowest BCUT2D eigenvalue weighted by atomic mass is 10.1. The first-order valence-electron chi connectivity index (χ1n) is 12.0. The molecule has 1 aliphatic rings. The molecule has 0 unspecified atom stereocenters. The SMILES string of the molecule is C[C@H]1CN(CC(=O)O)CCN1c1cccc(CN/C=C(\N=N)c2cc(-c3cccc(C#N)c3)nc(N)n2)n1. The number of anilines is 2. The number of piperazine rings is 1. The maximum absolute atomic E-state index is 11.0. The summed E-state index contributed by atoms with van der Waals surface area (Å²) in [4.78, 5) is 28.4. The molecule has 3 heterocycles. The van der Waals surface area contributed by atoms with Crippen molar-refractivity contribution in [1.29, 1.82) is 10.8 Å². The number of hydrogen-bond acceptors (Lipinski definition) is 11. The lowest BCUT2D eigenvalue weighted by molar-refractivity contribution is -0.138. The van der Waals surface area contributed by atoms with Crippen molar-refractivity contribution in [2.75, 3.05) is 36.8 Å². The van der Waals surface area contributed by atoms with Crippen LogP contribution in [0.5, 0.6) is 0 Å². The first kappa shape index (κ1) is 26.2. The number of nitrogens with two attached hydrogens (primary N) is 1. The van der Waals surface area contributed by atoms with Gasteiger partial charge in [0.15, 0.2) is 0 Å². The Bertz CT molecular complexity index is 1400. The fourth-order valence-electron chi connectivity index (χ4n) is 4.34. The molecule has 0 saturated carbocycles. The molecule has 3 aromatic rings. The Balaban J connectivity index is 1.46. The molecule has 1 aromatic carbocycles. The van der Waals surface area contributed by atoms with Crippen molar-refractivity contribution < 1.29 is 9.90 Å². The van der Waals surface area contributed by atoms with E-state index < -0.39 is 5.97 Å². The van der Waals surface area contributed by atoms with Crippen LogP contribution in [0.2, 0.25) is 0 Å². The van der Waals surface area contributed by atoms with E-state index in [9.17, 15) is 10.1 Å². The van der Waals surface area contributed by atoms with Crippen molar-refractivity contribution in [1.82, 2.24) is 25.2 Å². The van der Waals surface area contributed by atoms with E-state index in [0.717, 1.165) is 11.5 Å². The summed E-state index contributed by atoms with van der Waals surface area (Å²) in [6.45, 7) is 4.48. The molecule has 0 aliphatic carbocycles. The maximum atomic E-state index is 11.0. The number of carbonyl (C=O) groups is 1. The van der Waals surface area contributed by atoms with Crippen LogP contribution in [0.25, 0.3) is 17.0 Å². The minimum absolute atomic E-state index is 0.0290. The molecule has 1 saturated heterocycles. The Morgan fingerprint density at radius 3 is 2.82 bits per heavy atom. The molecule has 4 rings (SSSR count). The Hall–Kier alpha value is -4.89. The highest BCUT2D eigenvalue weighted by molar-refractivity contribution is 5.70. The van der Waals surface area contributed by atoms with Crippen LogP contribution in [0.4, 0.5) is 11.8 Å². The van der Waals surface area contributed by atoms with Gasteiger partial charge in [0.25, 0.3) is 0 Å². The van der Waals surface area contributed by atoms with Crippen LogP contribution in [0.1, 0.15) is 23.9 Å². The molecule has 0 radical (unpaired) electrons. The second-order valence-corrected chi connectivity index (χ2v) is 8.87. The molecule has 194 valence electrons. The number of rotatable bonds is 9. The smallest absolute Gasteiger partial charge is 0.317 e. The number of hydrogen-bond donors (Lipinski definition) is 4. The molecule has 2 aromatic heterocycles. The molecule has 5 N–H and O–H groups in total. The third kappa shape index (κ3) is 6.45. The van der Waals surface area contributed by atoms with Crippen LogP contribution in [-0.2, 0) is 11.3 Å². The number of carboxylic acids is 1. The summed E-state index contributed by atoms with van der Waals surface area (Å²) >= 11 is 0. The Labute approximate surface area is 220 Å². The third-order valence-corrected chi connectivity index (χ3v) is 6.09. The van der Waals surface area contributed by atoms with E-state index >= 15 is 0 Å². The van der Waals surface area contributed by atoms with Crippen LogP contribution in [0.15, 0.2) is 59.8 Å². The number of pyridine rings is 1. The molecular weight excluding hydrogens is 484 g/mol. The second-order valence-electron chi connectivity index (χ2n) is 8.87. The molecular formula is C26H28N10O2. The molecule has 0 bridgehead atoms. The van der Waals surface area contributed by atoms with E-state index in [1.807, 2.05) is 29.2 Å². The molecule has 12 heteroatoms. The molecule has 1 fully saturated rings. The predicted molar refractivity (Wildman–Crippen MR) is 142 cm³/mol. The van der Waals surface area contributed by atoms with Gasteiger partial charge in [-0.3, -0.25) is 9.69 Å². The van der Waals surface area contributed by atoms with Gasteiger partial charge < -0.3 is 21.1 Å². The van der Waals surface area contributed by atoms with Crippen LogP contribution in [0, 0.1) is 16.9 Å². The average Bonchev–Trinajstić information content (AvgIpc) is 2.90. The van der Waals surface area contributed by atoms with Crippen molar-refractivity contribution in [3.05, 3.63) is 71.7 Å². The molecule has 38 heavy (non-hydrogen) atoms. The fourth-order valence-corrected chi connectivity index (χ4v) is 4.34. The zero-order valence-corrected chi connectivity index (χ0v) is 20.9. The summed E-state index contributed by atoms with van der Waals surface area (Å²) < 4.78 is 0. The molecule has 1 aliphatic heterocycles. The number of nitriles is 1. The van der Waals surface area contributed by atoms with Gasteiger partial charge in [0.05, 0.1) is 41.8 Å². The van der Waals surface area contributed by atoms with Crippen LogP contribution in [0.3, 0.4) is 0 Å². The summed E-state index contributed by atoms with van der Waals surface area (Å²) in [5.74, 6) is 0.0353. The lowest BCUT2D eigenvalue weighted by Crippen LogP contribution is -2.53. The van der Waals surface area contributed by atoms with Crippen LogP contribution >= 0.6 is 0 Å². The van der Waals surface area contributed by atoms with Crippen molar-refractivity contribution in [2.24, 2.45) is 5.11 Å². The Morgan fingerprint density at radius 1 is 1.26 bits per heavy atom. The van der Waals surface area contributed by atoms with Gasteiger partial charge in [0.1, 0.15) is 11.5 Å². The van der Waals surface area contributed by atoms with Gasteiger partial charge in [-0.25, -0.2) is 20.5 Å². The second kappa shape index (κ2) is 11.9. The number of carboxylic acid groups (broad SMARTS) is 1. The van der Waals surface area contributed by atoms with E-state index in [2.05, 4.69) is 38.3 Å². The third-order valence-electron chi connectivity index (χ3n) is 6.09. The van der Waals surface area contributed by atoms with Crippen molar-refractivity contribution >= 4 is 23.4 Å². The minimum atomic E-state index is -0.822. The minimum Gasteiger partial charge on any atom is -0.480 e. The first-order chi connectivity index (χ1) is 18.4. The van der Waals surface area contributed by atoms with Gasteiger partial charge in [0, 0.05) is 37.4 Å². The predicted octanol–water partition coefficient (Wildman–Crippen LogP) is 2.71. The summed E-state index contributed by atoms with van der Waals surface area (Å²) in [6.07, 6.45) is 1.58. The molecule has 1 atom stereocenters. The number of nitrogens with zero attached hydrogens (tertiary/aromatic N) is 7. The number of nitrogens with one attached hydrogen (secondary N) is 2. The lowest BCUT2D eigenvalue weighted by Gasteiger charge is -2.40. The van der Waals surface area contributed by atoms with Crippen LogP contribution in [-0.4, -0.2) is 63.1 Å². The van der Waals surface area contributed by atoms with Crippen molar-refractivity contribution in [3.63, 3.8) is 0 Å². The van der Waals surface area contributed by atoms with E-state index in [0.29, 0.717) is 48.7 Å². The summed E-state index contributed by atoms with van der Waals surface area (Å²) in [5.41, 5.74) is 16.7. The van der Waals surface area contributed by atoms with Crippen molar-refractivity contribution in [2.45, 2.75) is 19.5 Å². The molecule has 0 spiro atoms.